The third kappa shape index (κ3) is 4.63. The highest BCUT2D eigenvalue weighted by Gasteiger charge is 2.26. The first-order chi connectivity index (χ1) is 12.2. The van der Waals surface area contributed by atoms with E-state index in [1.54, 1.807) is 19.2 Å². The van der Waals surface area contributed by atoms with Gasteiger partial charge in [0, 0.05) is 26.1 Å². The maximum Gasteiger partial charge on any atom is 0.289 e. The van der Waals surface area contributed by atoms with Crippen LogP contribution in [0.3, 0.4) is 0 Å². The van der Waals surface area contributed by atoms with Gasteiger partial charge in [-0.25, -0.2) is 0 Å². The molecule has 1 saturated heterocycles. The fourth-order valence-corrected chi connectivity index (χ4v) is 3.17. The van der Waals surface area contributed by atoms with Gasteiger partial charge in [-0.3, -0.25) is 4.79 Å². The fraction of sp³-hybridized carbons (Fsp3) is 0.450. The van der Waals surface area contributed by atoms with Crippen LogP contribution in [0.5, 0.6) is 5.75 Å². The van der Waals surface area contributed by atoms with Crippen LogP contribution in [-0.4, -0.2) is 37.6 Å². The molecule has 0 bridgehead atoms. The van der Waals surface area contributed by atoms with Crippen LogP contribution in [-0.2, 0) is 11.3 Å². The quantitative estimate of drug-likeness (QED) is 0.803. The Morgan fingerprint density at radius 2 is 2.20 bits per heavy atom. The van der Waals surface area contributed by atoms with Crippen LogP contribution in [0.1, 0.15) is 34.7 Å². The highest BCUT2D eigenvalue weighted by Crippen LogP contribution is 2.21. The molecule has 0 N–H and O–H groups in total. The van der Waals surface area contributed by atoms with E-state index in [-0.39, 0.29) is 5.91 Å². The number of aryl methyl sites for hydroxylation is 1. The molecule has 5 heteroatoms. The number of benzene rings is 1. The van der Waals surface area contributed by atoms with E-state index >= 15 is 0 Å². The van der Waals surface area contributed by atoms with Crippen molar-refractivity contribution >= 4 is 5.91 Å². The normalized spacial score (nSPS) is 17.5. The van der Waals surface area contributed by atoms with Crippen LogP contribution < -0.4 is 4.74 Å². The number of likely N-dealkylation sites (tertiary alicyclic amines) is 1. The Bertz CT molecular complexity index is 709. The molecule has 2 aromatic rings. The van der Waals surface area contributed by atoms with E-state index in [1.807, 2.05) is 23.1 Å². The zero-order chi connectivity index (χ0) is 17.6. The molecule has 0 saturated carbocycles. The Balaban J connectivity index is 1.55. The van der Waals surface area contributed by atoms with Gasteiger partial charge in [-0.15, -0.1) is 0 Å². The molecule has 1 atom stereocenters. The van der Waals surface area contributed by atoms with Crippen LogP contribution in [0.2, 0.25) is 0 Å². The van der Waals surface area contributed by atoms with Crippen molar-refractivity contribution < 1.29 is 18.7 Å². The zero-order valence-electron chi connectivity index (χ0n) is 14.9. The topological polar surface area (TPSA) is 51.9 Å². The summed E-state index contributed by atoms with van der Waals surface area (Å²) in [5, 5.41) is 0. The molecule has 1 aliphatic heterocycles. The zero-order valence-corrected chi connectivity index (χ0v) is 14.9. The number of nitrogens with zero attached hydrogens (tertiary/aromatic N) is 1. The Labute approximate surface area is 148 Å². The van der Waals surface area contributed by atoms with Gasteiger partial charge >= 0.3 is 0 Å². The highest BCUT2D eigenvalue weighted by atomic mass is 16.5. The number of hydrogen-bond acceptors (Lipinski definition) is 4. The molecule has 0 radical (unpaired) electrons. The van der Waals surface area contributed by atoms with Crippen molar-refractivity contribution in [2.75, 3.05) is 26.8 Å². The number of carbonyl (C=O) groups is 1. The van der Waals surface area contributed by atoms with Crippen molar-refractivity contribution in [3.8, 4) is 5.75 Å². The highest BCUT2D eigenvalue weighted by molar-refractivity contribution is 5.91. The van der Waals surface area contributed by atoms with Crippen molar-refractivity contribution in [1.82, 2.24) is 4.90 Å². The second-order valence-electron chi connectivity index (χ2n) is 6.59. The van der Waals surface area contributed by atoms with Gasteiger partial charge in [0.1, 0.15) is 18.1 Å². The number of ether oxygens (including phenoxy) is 2. The molecule has 1 fully saturated rings. The Morgan fingerprint density at radius 1 is 1.32 bits per heavy atom. The van der Waals surface area contributed by atoms with Crippen molar-refractivity contribution in [1.29, 1.82) is 0 Å². The van der Waals surface area contributed by atoms with Gasteiger partial charge in [0.05, 0.1) is 6.61 Å². The van der Waals surface area contributed by atoms with Crippen molar-refractivity contribution in [2.45, 2.75) is 26.4 Å². The molecule has 0 aliphatic carbocycles. The lowest BCUT2D eigenvalue weighted by Crippen LogP contribution is -2.41. The smallest absolute Gasteiger partial charge is 0.289 e. The SMILES string of the molecule is COCc1ccc(C(=O)N2CCC[C@@H](COc3cccc(C)c3)C2)o1. The third-order valence-electron chi connectivity index (χ3n) is 4.44. The summed E-state index contributed by atoms with van der Waals surface area (Å²) >= 11 is 0. The predicted octanol–water partition coefficient (Wildman–Crippen LogP) is 3.67. The van der Waals surface area contributed by atoms with E-state index in [0.29, 0.717) is 37.2 Å². The lowest BCUT2D eigenvalue weighted by Gasteiger charge is -2.32. The summed E-state index contributed by atoms with van der Waals surface area (Å²) in [6, 6.07) is 11.6. The first-order valence-corrected chi connectivity index (χ1v) is 8.72. The summed E-state index contributed by atoms with van der Waals surface area (Å²) in [7, 11) is 1.60. The van der Waals surface area contributed by atoms with Crippen LogP contribution >= 0.6 is 0 Å². The monoisotopic (exact) mass is 343 g/mol. The molecular weight excluding hydrogens is 318 g/mol. The molecule has 0 spiro atoms. The first-order valence-electron chi connectivity index (χ1n) is 8.72. The summed E-state index contributed by atoms with van der Waals surface area (Å²) in [4.78, 5) is 14.5. The predicted molar refractivity (Wildman–Crippen MR) is 94.7 cm³/mol. The minimum Gasteiger partial charge on any atom is -0.493 e. The largest absolute Gasteiger partial charge is 0.493 e. The van der Waals surface area contributed by atoms with Crippen molar-refractivity contribution in [3.63, 3.8) is 0 Å². The first kappa shape index (κ1) is 17.5. The Morgan fingerprint density at radius 3 is 3.00 bits per heavy atom. The molecule has 0 unspecified atom stereocenters. The second-order valence-corrected chi connectivity index (χ2v) is 6.59. The lowest BCUT2D eigenvalue weighted by molar-refractivity contribution is 0.0596. The van der Waals surface area contributed by atoms with E-state index in [0.717, 1.165) is 25.1 Å². The Kier molecular flexibility index (Phi) is 5.76. The van der Waals surface area contributed by atoms with E-state index in [2.05, 4.69) is 13.0 Å². The summed E-state index contributed by atoms with van der Waals surface area (Å²) in [5.41, 5.74) is 1.18. The molecule has 134 valence electrons. The number of carbonyl (C=O) groups excluding carboxylic acids is 1. The molecule has 1 aromatic carbocycles. The van der Waals surface area contributed by atoms with Gasteiger partial charge in [0.15, 0.2) is 5.76 Å². The van der Waals surface area contributed by atoms with Crippen LogP contribution in [0.15, 0.2) is 40.8 Å². The average Bonchev–Trinajstić information content (AvgIpc) is 3.09. The minimum atomic E-state index is -0.0531. The fourth-order valence-electron chi connectivity index (χ4n) is 3.17. The van der Waals surface area contributed by atoms with Crippen molar-refractivity contribution in [2.24, 2.45) is 5.92 Å². The van der Waals surface area contributed by atoms with Gasteiger partial charge in [0.2, 0.25) is 0 Å². The molecule has 25 heavy (non-hydrogen) atoms. The standard InChI is InChI=1S/C20H25NO4/c1-15-5-3-7-17(11-15)24-13-16-6-4-10-21(12-16)20(22)19-9-8-18(25-19)14-23-2/h3,5,7-9,11,16H,4,6,10,12-14H2,1-2H3/t16-/m1/s1. The van der Waals surface area contributed by atoms with Gasteiger partial charge < -0.3 is 18.8 Å². The Hall–Kier alpha value is -2.27. The maximum absolute atomic E-state index is 12.6. The third-order valence-corrected chi connectivity index (χ3v) is 4.44. The van der Waals surface area contributed by atoms with Gasteiger partial charge in [-0.05, 0) is 49.6 Å². The van der Waals surface area contributed by atoms with E-state index in [9.17, 15) is 4.79 Å². The molecule has 3 rings (SSSR count). The molecule has 1 amide bonds. The molecule has 1 aromatic heterocycles. The molecular formula is C20H25NO4. The maximum atomic E-state index is 12.6. The van der Waals surface area contributed by atoms with Crippen LogP contribution in [0, 0.1) is 12.8 Å². The van der Waals surface area contributed by atoms with E-state index in [4.69, 9.17) is 13.9 Å². The lowest BCUT2D eigenvalue weighted by atomic mass is 9.98. The van der Waals surface area contributed by atoms with Crippen LogP contribution in [0.25, 0.3) is 0 Å². The summed E-state index contributed by atoms with van der Waals surface area (Å²) < 4.78 is 16.5. The van der Waals surface area contributed by atoms with Crippen LogP contribution in [0.4, 0.5) is 0 Å². The number of piperidine rings is 1. The van der Waals surface area contributed by atoms with Gasteiger partial charge in [-0.1, -0.05) is 12.1 Å². The van der Waals surface area contributed by atoms with E-state index < -0.39 is 0 Å². The minimum absolute atomic E-state index is 0.0531. The number of hydrogen-bond donors (Lipinski definition) is 0. The summed E-state index contributed by atoms with van der Waals surface area (Å²) in [5.74, 6) is 2.22. The molecule has 2 heterocycles. The number of rotatable bonds is 6. The van der Waals surface area contributed by atoms with Gasteiger partial charge in [-0.2, -0.15) is 0 Å². The molecule has 1 aliphatic rings. The van der Waals surface area contributed by atoms with E-state index in [1.165, 1.54) is 5.56 Å². The van der Waals surface area contributed by atoms with Gasteiger partial charge in [0.25, 0.3) is 5.91 Å². The molecule has 5 nitrogen and oxygen atoms in total. The average molecular weight is 343 g/mol. The van der Waals surface area contributed by atoms with Crippen molar-refractivity contribution in [3.05, 3.63) is 53.5 Å². The number of amides is 1. The summed E-state index contributed by atoms with van der Waals surface area (Å²) in [6.45, 7) is 4.51. The summed E-state index contributed by atoms with van der Waals surface area (Å²) in [6.07, 6.45) is 2.06. The number of furan rings is 1. The number of methoxy groups -OCH3 is 1. The second kappa shape index (κ2) is 8.21.